The zero-order valence-electron chi connectivity index (χ0n) is 15.2. The Kier molecular flexibility index (Phi) is 6.19. The van der Waals surface area contributed by atoms with Gasteiger partial charge < -0.3 is 5.32 Å². The average Bonchev–Trinajstić information content (AvgIpc) is 2.67. The highest BCUT2D eigenvalue weighted by atomic mass is 35.5. The molecule has 0 aliphatic carbocycles. The summed E-state index contributed by atoms with van der Waals surface area (Å²) in [6.07, 6.45) is 2.80. The second-order valence-corrected chi connectivity index (χ2v) is 9.10. The minimum atomic E-state index is -3.59. The van der Waals surface area contributed by atoms with E-state index in [9.17, 15) is 13.2 Å². The summed E-state index contributed by atoms with van der Waals surface area (Å²) in [6.45, 7) is 3.14. The lowest BCUT2D eigenvalue weighted by Crippen LogP contribution is -2.36. The van der Waals surface area contributed by atoms with Crippen LogP contribution in [0.4, 0.5) is 0 Å². The summed E-state index contributed by atoms with van der Waals surface area (Å²) in [7, 11) is -3.59. The van der Waals surface area contributed by atoms with E-state index in [0.717, 1.165) is 24.8 Å². The number of halogens is 1. The molecule has 2 aromatic rings. The van der Waals surface area contributed by atoms with Crippen molar-refractivity contribution in [1.29, 1.82) is 0 Å². The van der Waals surface area contributed by atoms with Gasteiger partial charge in [-0.25, -0.2) is 8.42 Å². The summed E-state index contributed by atoms with van der Waals surface area (Å²) in [4.78, 5) is 12.7. The predicted molar refractivity (Wildman–Crippen MR) is 106 cm³/mol. The maximum Gasteiger partial charge on any atom is 0.251 e. The summed E-state index contributed by atoms with van der Waals surface area (Å²) in [5.74, 6) is -0.315. The summed E-state index contributed by atoms with van der Waals surface area (Å²) in [5, 5.41) is 3.42. The van der Waals surface area contributed by atoms with Gasteiger partial charge >= 0.3 is 0 Å². The van der Waals surface area contributed by atoms with Gasteiger partial charge in [-0.3, -0.25) is 4.79 Å². The maximum atomic E-state index is 13.0. The number of hydrogen-bond acceptors (Lipinski definition) is 3. The van der Waals surface area contributed by atoms with Crippen LogP contribution in [0, 0.1) is 6.92 Å². The van der Waals surface area contributed by atoms with Crippen molar-refractivity contribution in [2.45, 2.75) is 37.6 Å². The molecular formula is C20H23ClN2O3S. The van der Waals surface area contributed by atoms with Crippen molar-refractivity contribution in [3.63, 3.8) is 0 Å². The molecule has 1 aliphatic rings. The first kappa shape index (κ1) is 19.9. The molecule has 3 rings (SSSR count). The maximum absolute atomic E-state index is 13.0. The van der Waals surface area contributed by atoms with Crippen molar-refractivity contribution in [2.24, 2.45) is 0 Å². The topological polar surface area (TPSA) is 66.5 Å². The van der Waals surface area contributed by atoms with Gasteiger partial charge in [0.25, 0.3) is 5.91 Å². The Balaban J connectivity index is 1.79. The highest BCUT2D eigenvalue weighted by Gasteiger charge is 2.28. The lowest BCUT2D eigenvalue weighted by Gasteiger charge is -2.26. The quantitative estimate of drug-likeness (QED) is 0.822. The van der Waals surface area contributed by atoms with Crippen LogP contribution in [0.2, 0.25) is 5.02 Å². The van der Waals surface area contributed by atoms with Gasteiger partial charge in [0.2, 0.25) is 10.0 Å². The fraction of sp³-hybridized carbons (Fsp3) is 0.350. The van der Waals surface area contributed by atoms with Crippen LogP contribution in [0.5, 0.6) is 0 Å². The number of rotatable bonds is 5. The Morgan fingerprint density at radius 2 is 1.85 bits per heavy atom. The first-order valence-corrected chi connectivity index (χ1v) is 10.8. The van der Waals surface area contributed by atoms with Crippen molar-refractivity contribution in [3.05, 3.63) is 64.2 Å². The standard InChI is InChI=1S/C20H23ClN2O3S/c1-15-8-9-17(20(24)22-14-16-6-5-7-18(21)12-16)13-19(15)27(25,26)23-10-3-2-4-11-23/h5-9,12-13H,2-4,10-11,14H2,1H3,(H,22,24). The Hall–Kier alpha value is -1.89. The van der Waals surface area contributed by atoms with E-state index in [1.54, 1.807) is 31.2 Å². The molecule has 0 radical (unpaired) electrons. The Morgan fingerprint density at radius 1 is 1.11 bits per heavy atom. The molecule has 2 aromatic carbocycles. The van der Waals surface area contributed by atoms with Crippen LogP contribution in [-0.2, 0) is 16.6 Å². The lowest BCUT2D eigenvalue weighted by molar-refractivity contribution is 0.0950. The number of nitrogens with zero attached hydrogens (tertiary/aromatic N) is 1. The summed E-state index contributed by atoms with van der Waals surface area (Å²) >= 11 is 5.96. The van der Waals surface area contributed by atoms with Gasteiger partial charge in [0, 0.05) is 30.2 Å². The SMILES string of the molecule is Cc1ccc(C(=O)NCc2cccc(Cl)c2)cc1S(=O)(=O)N1CCCCC1. The monoisotopic (exact) mass is 406 g/mol. The number of amides is 1. The van der Waals surface area contributed by atoms with Crippen LogP contribution >= 0.6 is 11.6 Å². The number of carbonyl (C=O) groups is 1. The van der Waals surface area contributed by atoms with Crippen LogP contribution in [0.25, 0.3) is 0 Å². The number of benzene rings is 2. The van der Waals surface area contributed by atoms with E-state index in [2.05, 4.69) is 5.32 Å². The number of sulfonamides is 1. The predicted octanol–water partition coefficient (Wildman–Crippen LogP) is 3.75. The summed E-state index contributed by atoms with van der Waals surface area (Å²) in [6, 6.07) is 12.1. The molecule has 0 atom stereocenters. The van der Waals surface area contributed by atoms with E-state index in [1.165, 1.54) is 10.4 Å². The van der Waals surface area contributed by atoms with E-state index < -0.39 is 10.0 Å². The second kappa shape index (κ2) is 8.42. The van der Waals surface area contributed by atoms with Gasteiger partial charge in [-0.05, 0) is 55.2 Å². The van der Waals surface area contributed by atoms with Crippen LogP contribution in [0.15, 0.2) is 47.4 Å². The molecule has 1 heterocycles. The van der Waals surface area contributed by atoms with Crippen LogP contribution < -0.4 is 5.32 Å². The number of carbonyl (C=O) groups excluding carboxylic acids is 1. The van der Waals surface area contributed by atoms with Gasteiger partial charge in [-0.2, -0.15) is 4.31 Å². The van der Waals surface area contributed by atoms with Crippen molar-refractivity contribution in [1.82, 2.24) is 9.62 Å². The van der Waals surface area contributed by atoms with Gasteiger partial charge in [-0.15, -0.1) is 0 Å². The highest BCUT2D eigenvalue weighted by Crippen LogP contribution is 2.24. The minimum absolute atomic E-state index is 0.208. The molecule has 0 spiro atoms. The Labute approximate surface area is 165 Å². The smallest absolute Gasteiger partial charge is 0.251 e. The van der Waals surface area contributed by atoms with E-state index in [1.807, 2.05) is 12.1 Å². The molecule has 7 heteroatoms. The lowest BCUT2D eigenvalue weighted by atomic mass is 10.1. The third-order valence-electron chi connectivity index (χ3n) is 4.73. The molecular weight excluding hydrogens is 384 g/mol. The van der Waals surface area contributed by atoms with Crippen LogP contribution in [0.3, 0.4) is 0 Å². The first-order chi connectivity index (χ1) is 12.9. The normalized spacial score (nSPS) is 15.5. The summed E-state index contributed by atoms with van der Waals surface area (Å²) < 4.78 is 27.5. The molecule has 144 valence electrons. The number of piperidine rings is 1. The first-order valence-electron chi connectivity index (χ1n) is 9.01. The molecule has 0 unspecified atom stereocenters. The van der Waals surface area contributed by atoms with Gasteiger partial charge in [0.1, 0.15) is 0 Å². The van der Waals surface area contributed by atoms with Gasteiger partial charge in [-0.1, -0.05) is 36.2 Å². The molecule has 5 nitrogen and oxygen atoms in total. The Morgan fingerprint density at radius 3 is 2.56 bits per heavy atom. The molecule has 1 fully saturated rings. The average molecular weight is 407 g/mol. The zero-order chi connectivity index (χ0) is 19.4. The van der Waals surface area contributed by atoms with Crippen molar-refractivity contribution in [3.8, 4) is 0 Å². The molecule has 1 aliphatic heterocycles. The summed E-state index contributed by atoms with van der Waals surface area (Å²) in [5.41, 5.74) is 1.86. The fourth-order valence-electron chi connectivity index (χ4n) is 3.19. The molecule has 1 N–H and O–H groups in total. The third kappa shape index (κ3) is 4.69. The largest absolute Gasteiger partial charge is 0.348 e. The third-order valence-corrected chi connectivity index (χ3v) is 7.00. The number of nitrogens with one attached hydrogen (secondary N) is 1. The van der Waals surface area contributed by atoms with Crippen LogP contribution in [-0.4, -0.2) is 31.7 Å². The molecule has 0 aromatic heterocycles. The molecule has 1 saturated heterocycles. The fourth-order valence-corrected chi connectivity index (χ4v) is 5.18. The highest BCUT2D eigenvalue weighted by molar-refractivity contribution is 7.89. The zero-order valence-corrected chi connectivity index (χ0v) is 16.8. The van der Waals surface area contributed by atoms with Crippen molar-refractivity contribution >= 4 is 27.5 Å². The van der Waals surface area contributed by atoms with E-state index in [4.69, 9.17) is 11.6 Å². The minimum Gasteiger partial charge on any atom is -0.348 e. The van der Waals surface area contributed by atoms with Gasteiger partial charge in [0.05, 0.1) is 4.90 Å². The molecule has 1 amide bonds. The molecule has 27 heavy (non-hydrogen) atoms. The van der Waals surface area contributed by atoms with Crippen molar-refractivity contribution in [2.75, 3.05) is 13.1 Å². The van der Waals surface area contributed by atoms with E-state index >= 15 is 0 Å². The number of aryl methyl sites for hydroxylation is 1. The second-order valence-electron chi connectivity index (χ2n) is 6.76. The number of hydrogen-bond donors (Lipinski definition) is 1. The van der Waals surface area contributed by atoms with Crippen molar-refractivity contribution < 1.29 is 13.2 Å². The Bertz CT molecular complexity index is 938. The van der Waals surface area contributed by atoms with E-state index in [-0.39, 0.29) is 10.8 Å². The van der Waals surface area contributed by atoms with Gasteiger partial charge in [0.15, 0.2) is 0 Å². The molecule has 0 bridgehead atoms. The van der Waals surface area contributed by atoms with Crippen LogP contribution in [0.1, 0.15) is 40.7 Å². The van der Waals surface area contributed by atoms with E-state index in [0.29, 0.717) is 35.8 Å². The molecule has 0 saturated carbocycles.